The van der Waals surface area contributed by atoms with Crippen LogP contribution in [0, 0.1) is 35.6 Å². The second kappa shape index (κ2) is 6.84. The Hall–Kier alpha value is -2.03. The Balaban J connectivity index is 1.88. The number of pyridine rings is 1. The van der Waals surface area contributed by atoms with Crippen LogP contribution in [0.2, 0.25) is 0 Å². The summed E-state index contributed by atoms with van der Waals surface area (Å²) in [6, 6.07) is 11.6. The van der Waals surface area contributed by atoms with Crippen LogP contribution in [0.5, 0.6) is 0 Å². The van der Waals surface area contributed by atoms with Gasteiger partial charge in [-0.25, -0.2) is 4.39 Å². The molecule has 1 aromatic heterocycles. The summed E-state index contributed by atoms with van der Waals surface area (Å²) in [7, 11) is 0. The van der Waals surface area contributed by atoms with E-state index in [1.807, 2.05) is 32.0 Å². The van der Waals surface area contributed by atoms with Crippen LogP contribution in [0.25, 0.3) is 0 Å². The van der Waals surface area contributed by atoms with E-state index in [1.54, 1.807) is 0 Å². The number of benzene rings is 1. The number of aryl methyl sites for hydroxylation is 2. The van der Waals surface area contributed by atoms with Crippen LogP contribution in [-0.2, 0) is 13.2 Å². The molecule has 0 aliphatic heterocycles. The van der Waals surface area contributed by atoms with Gasteiger partial charge >= 0.3 is 0 Å². The molecule has 5 heteroatoms. The molecule has 1 aromatic carbocycles. The summed E-state index contributed by atoms with van der Waals surface area (Å²) in [5.74, 6) is -0.206. The lowest BCUT2D eigenvalue weighted by Crippen LogP contribution is -3.11. The topological polar surface area (TPSA) is 33.2 Å². The maximum Gasteiger partial charge on any atom is 0.158 e. The van der Waals surface area contributed by atoms with Gasteiger partial charge in [-0.05, 0) is 37.6 Å². The molecule has 24 heavy (non-hydrogen) atoms. The molecule has 1 aliphatic rings. The molecule has 0 radical (unpaired) electrons. The average Bonchev–Trinajstić information content (AvgIpc) is 3.37. The largest absolute Gasteiger partial charge is 0.311 e. The highest BCUT2D eigenvalue weighted by atomic mass is 32.1. The highest BCUT2D eigenvalue weighted by Crippen LogP contribution is 2.17. The normalized spacial score (nSPS) is 15.1. The highest BCUT2D eigenvalue weighted by molar-refractivity contribution is 7.71. The molecule has 2 aromatic rings. The summed E-state index contributed by atoms with van der Waals surface area (Å²) in [5, 5.41) is 9.36. The molecule has 3 rings (SSSR count). The van der Waals surface area contributed by atoms with Crippen molar-refractivity contribution in [1.82, 2.24) is 4.57 Å². The standard InChI is InChI=1S/C19H20FN3S/c1-13-9-14(2)23(19(24)18(13)10-21)12-22(17-7-8-17)11-15-3-5-16(20)6-4-15/h3-6,9,17H,7-8,11-12H2,1-2H3/p+1. The molecule has 1 aliphatic carbocycles. The molecule has 3 nitrogen and oxygen atoms in total. The zero-order chi connectivity index (χ0) is 17.3. The zero-order valence-electron chi connectivity index (χ0n) is 14.0. The molecule has 0 amide bonds. The Labute approximate surface area is 147 Å². The molecule has 124 valence electrons. The quantitative estimate of drug-likeness (QED) is 0.847. The lowest BCUT2D eigenvalue weighted by Gasteiger charge is -2.23. The van der Waals surface area contributed by atoms with Crippen molar-refractivity contribution < 1.29 is 9.29 Å². The van der Waals surface area contributed by atoms with Crippen LogP contribution in [-0.4, -0.2) is 10.6 Å². The van der Waals surface area contributed by atoms with Crippen LogP contribution < -0.4 is 4.90 Å². The first-order chi connectivity index (χ1) is 11.5. The first kappa shape index (κ1) is 16.8. The molecule has 1 N–H and O–H groups in total. The van der Waals surface area contributed by atoms with Crippen LogP contribution >= 0.6 is 12.2 Å². The SMILES string of the molecule is Cc1cc(C)n(C[NH+](Cc2ccc(F)cc2)C2CC2)c(=S)c1C#N. The number of hydrogen-bond acceptors (Lipinski definition) is 2. The number of halogens is 1. The van der Waals surface area contributed by atoms with Gasteiger partial charge in [-0.1, -0.05) is 24.4 Å². The lowest BCUT2D eigenvalue weighted by molar-refractivity contribution is -0.947. The molecule has 1 fully saturated rings. The summed E-state index contributed by atoms with van der Waals surface area (Å²) < 4.78 is 15.8. The van der Waals surface area contributed by atoms with Crippen molar-refractivity contribution in [3.8, 4) is 6.07 Å². The Morgan fingerprint density at radius 3 is 2.54 bits per heavy atom. The van der Waals surface area contributed by atoms with Gasteiger partial charge in [-0.15, -0.1) is 0 Å². The van der Waals surface area contributed by atoms with E-state index in [0.29, 0.717) is 16.2 Å². The van der Waals surface area contributed by atoms with Gasteiger partial charge in [0.25, 0.3) is 0 Å². The lowest BCUT2D eigenvalue weighted by atomic mass is 10.1. The number of nitrogens with one attached hydrogen (secondary N) is 1. The summed E-state index contributed by atoms with van der Waals surface area (Å²) in [4.78, 5) is 1.41. The third-order valence-corrected chi connectivity index (χ3v) is 5.10. The van der Waals surface area contributed by atoms with Crippen LogP contribution in [0.4, 0.5) is 4.39 Å². The second-order valence-electron chi connectivity index (χ2n) is 6.58. The van der Waals surface area contributed by atoms with Crippen LogP contribution in [0.3, 0.4) is 0 Å². The number of hydrogen-bond donors (Lipinski definition) is 1. The van der Waals surface area contributed by atoms with E-state index in [4.69, 9.17) is 12.2 Å². The first-order valence-corrected chi connectivity index (χ1v) is 8.60. The van der Waals surface area contributed by atoms with Gasteiger partial charge in [0.1, 0.15) is 23.1 Å². The third-order valence-electron chi connectivity index (χ3n) is 4.68. The molecule has 1 atom stereocenters. The summed E-state index contributed by atoms with van der Waals surface area (Å²) >= 11 is 5.55. The number of nitrogens with zero attached hydrogens (tertiary/aromatic N) is 2. The number of nitriles is 1. The Bertz CT molecular complexity index is 845. The zero-order valence-corrected chi connectivity index (χ0v) is 14.8. The minimum Gasteiger partial charge on any atom is -0.311 e. The van der Waals surface area contributed by atoms with Gasteiger partial charge in [0.15, 0.2) is 6.67 Å². The molecule has 0 spiro atoms. The second-order valence-corrected chi connectivity index (χ2v) is 6.97. The van der Waals surface area contributed by atoms with Crippen molar-refractivity contribution in [2.45, 2.75) is 45.9 Å². The van der Waals surface area contributed by atoms with Gasteiger partial charge in [0.2, 0.25) is 0 Å². The number of quaternary nitrogens is 1. The van der Waals surface area contributed by atoms with Crippen molar-refractivity contribution in [3.05, 3.63) is 63.2 Å². The van der Waals surface area contributed by atoms with Crippen molar-refractivity contribution in [1.29, 1.82) is 5.26 Å². The van der Waals surface area contributed by atoms with Gasteiger partial charge in [-0.2, -0.15) is 5.26 Å². The molecule has 1 saturated carbocycles. The minimum absolute atomic E-state index is 0.206. The van der Waals surface area contributed by atoms with Crippen molar-refractivity contribution >= 4 is 12.2 Å². The van der Waals surface area contributed by atoms with Gasteiger partial charge in [0.05, 0.1) is 11.6 Å². The number of aromatic nitrogens is 1. The van der Waals surface area contributed by atoms with Crippen LogP contribution in [0.1, 0.15) is 35.2 Å². The van der Waals surface area contributed by atoms with Gasteiger partial charge in [0, 0.05) is 24.1 Å². The monoisotopic (exact) mass is 342 g/mol. The molecule has 0 saturated heterocycles. The minimum atomic E-state index is -0.206. The van der Waals surface area contributed by atoms with E-state index in [2.05, 4.69) is 10.6 Å². The van der Waals surface area contributed by atoms with Crippen molar-refractivity contribution in [2.24, 2.45) is 0 Å². The van der Waals surface area contributed by atoms with E-state index >= 15 is 0 Å². The number of rotatable bonds is 5. The molecule has 1 heterocycles. The molecule has 1 unspecified atom stereocenters. The van der Waals surface area contributed by atoms with Gasteiger partial charge in [-0.3, -0.25) is 4.57 Å². The maximum absolute atomic E-state index is 13.1. The van der Waals surface area contributed by atoms with E-state index in [-0.39, 0.29) is 5.82 Å². The fourth-order valence-electron chi connectivity index (χ4n) is 3.15. The van der Waals surface area contributed by atoms with E-state index in [9.17, 15) is 9.65 Å². The smallest absolute Gasteiger partial charge is 0.158 e. The Morgan fingerprint density at radius 1 is 1.29 bits per heavy atom. The summed E-state index contributed by atoms with van der Waals surface area (Å²) in [6.07, 6.45) is 2.42. The third kappa shape index (κ3) is 3.55. The molecular weight excluding hydrogens is 321 g/mol. The average molecular weight is 342 g/mol. The van der Waals surface area contributed by atoms with Crippen molar-refractivity contribution in [2.75, 3.05) is 0 Å². The fourth-order valence-corrected chi connectivity index (χ4v) is 3.56. The molecule has 0 bridgehead atoms. The van der Waals surface area contributed by atoms with Crippen molar-refractivity contribution in [3.63, 3.8) is 0 Å². The highest BCUT2D eigenvalue weighted by Gasteiger charge is 2.33. The summed E-state index contributed by atoms with van der Waals surface area (Å²) in [6.45, 7) is 5.53. The summed E-state index contributed by atoms with van der Waals surface area (Å²) in [5.41, 5.74) is 3.72. The van der Waals surface area contributed by atoms with E-state index < -0.39 is 0 Å². The predicted molar refractivity (Wildman–Crippen MR) is 93.5 cm³/mol. The first-order valence-electron chi connectivity index (χ1n) is 8.19. The van der Waals surface area contributed by atoms with Gasteiger partial charge < -0.3 is 4.90 Å². The van der Waals surface area contributed by atoms with E-state index in [1.165, 1.54) is 29.9 Å². The van der Waals surface area contributed by atoms with Crippen LogP contribution in [0.15, 0.2) is 30.3 Å². The predicted octanol–water partition coefficient (Wildman–Crippen LogP) is 3.05. The Kier molecular flexibility index (Phi) is 4.79. The maximum atomic E-state index is 13.1. The fraction of sp³-hybridized carbons (Fsp3) is 0.368. The molecular formula is C19H21FN3S+. The Morgan fingerprint density at radius 2 is 1.96 bits per heavy atom. The van der Waals surface area contributed by atoms with E-state index in [0.717, 1.165) is 30.0 Å².